The molecule has 7 N–H and O–H groups in total. The number of benzene rings is 2. The van der Waals surface area contributed by atoms with E-state index in [0.29, 0.717) is 52.4 Å². The first-order valence-electron chi connectivity index (χ1n) is 11.8. The molecule has 2 aromatic carbocycles. The summed E-state index contributed by atoms with van der Waals surface area (Å²) in [5, 5.41) is 24.5. The summed E-state index contributed by atoms with van der Waals surface area (Å²) in [6.45, 7) is 4.55. The lowest BCUT2D eigenvalue weighted by Gasteiger charge is -2.15. The van der Waals surface area contributed by atoms with Crippen LogP contribution in [0.25, 0.3) is 17.0 Å². The number of nitrogens with two attached hydrogens (primary N) is 1. The van der Waals surface area contributed by atoms with Gasteiger partial charge in [-0.2, -0.15) is 0 Å². The van der Waals surface area contributed by atoms with Crippen molar-refractivity contribution < 1.29 is 9.53 Å². The van der Waals surface area contributed by atoms with Crippen molar-refractivity contribution in [2.24, 2.45) is 11.7 Å². The number of hydrogen-bond donors (Lipinski definition) is 6. The second-order valence-corrected chi connectivity index (χ2v) is 8.53. The molecule has 1 amide bonds. The fraction of sp³-hybridized carbons (Fsp3) is 0.222. The molecule has 0 aliphatic carbocycles. The van der Waals surface area contributed by atoms with Gasteiger partial charge in [0.15, 0.2) is 18.2 Å². The molecule has 0 saturated carbocycles. The van der Waals surface area contributed by atoms with Gasteiger partial charge in [0, 0.05) is 49.0 Å². The van der Waals surface area contributed by atoms with Crippen LogP contribution in [0.4, 0.5) is 17.2 Å². The SMILES string of the molecule is CNc1c(C=N)nc(-c2cccc(OCC(=O)NCC(C)C)c2)nc1Nc1ccc(/C(C=N)=C/N)cc1. The van der Waals surface area contributed by atoms with Crippen molar-refractivity contribution in [3.63, 3.8) is 0 Å². The Balaban J connectivity index is 1.87. The average molecular weight is 501 g/mol. The van der Waals surface area contributed by atoms with Crippen LogP contribution in [0.5, 0.6) is 5.75 Å². The third kappa shape index (κ3) is 7.14. The molecule has 0 aliphatic rings. The molecule has 10 heteroatoms. The summed E-state index contributed by atoms with van der Waals surface area (Å²) in [6, 6.07) is 14.6. The molecule has 37 heavy (non-hydrogen) atoms. The van der Waals surface area contributed by atoms with Gasteiger partial charge >= 0.3 is 0 Å². The largest absolute Gasteiger partial charge is 0.484 e. The third-order valence-electron chi connectivity index (χ3n) is 5.31. The summed E-state index contributed by atoms with van der Waals surface area (Å²) >= 11 is 0. The minimum atomic E-state index is -0.188. The quantitative estimate of drug-likeness (QED) is 0.205. The molecule has 0 bridgehead atoms. The Morgan fingerprint density at radius 3 is 2.51 bits per heavy atom. The van der Waals surface area contributed by atoms with Gasteiger partial charge in [-0.1, -0.05) is 38.1 Å². The van der Waals surface area contributed by atoms with Crippen molar-refractivity contribution in [1.29, 1.82) is 10.8 Å². The Hall–Kier alpha value is -4.73. The van der Waals surface area contributed by atoms with Crippen LogP contribution in [0.3, 0.4) is 0 Å². The zero-order valence-electron chi connectivity index (χ0n) is 21.1. The number of aromatic nitrogens is 2. The number of amides is 1. The lowest BCUT2D eigenvalue weighted by molar-refractivity contribution is -0.123. The minimum Gasteiger partial charge on any atom is -0.484 e. The van der Waals surface area contributed by atoms with E-state index < -0.39 is 0 Å². The number of ether oxygens (including phenoxy) is 1. The number of allylic oxidation sites excluding steroid dienone is 1. The molecular formula is C27H32N8O2. The highest BCUT2D eigenvalue weighted by atomic mass is 16.5. The number of nitrogens with one attached hydrogen (secondary N) is 5. The molecule has 0 unspecified atom stereocenters. The van der Waals surface area contributed by atoms with Gasteiger partial charge < -0.3 is 37.2 Å². The van der Waals surface area contributed by atoms with Gasteiger partial charge in [0.1, 0.15) is 17.1 Å². The van der Waals surface area contributed by atoms with Crippen LogP contribution in [0, 0.1) is 16.7 Å². The fourth-order valence-electron chi connectivity index (χ4n) is 3.40. The van der Waals surface area contributed by atoms with Crippen LogP contribution in [-0.2, 0) is 4.79 Å². The zero-order chi connectivity index (χ0) is 26.8. The highest BCUT2D eigenvalue weighted by molar-refractivity contribution is 6.08. The van der Waals surface area contributed by atoms with Crippen molar-refractivity contribution >= 4 is 41.1 Å². The van der Waals surface area contributed by atoms with Crippen LogP contribution in [0.1, 0.15) is 25.1 Å². The van der Waals surface area contributed by atoms with Crippen LogP contribution < -0.4 is 26.4 Å². The molecule has 0 aliphatic heterocycles. The monoisotopic (exact) mass is 500 g/mol. The van der Waals surface area contributed by atoms with Crippen LogP contribution in [-0.4, -0.2) is 48.5 Å². The lowest BCUT2D eigenvalue weighted by atomic mass is 10.1. The van der Waals surface area contributed by atoms with Crippen molar-refractivity contribution in [2.45, 2.75) is 13.8 Å². The van der Waals surface area contributed by atoms with E-state index in [0.717, 1.165) is 17.5 Å². The van der Waals surface area contributed by atoms with Gasteiger partial charge in [-0.15, -0.1) is 0 Å². The molecule has 192 valence electrons. The maximum absolute atomic E-state index is 12.0. The average Bonchev–Trinajstić information content (AvgIpc) is 2.92. The van der Waals surface area contributed by atoms with Crippen molar-refractivity contribution in [3.8, 4) is 17.1 Å². The lowest BCUT2D eigenvalue weighted by Crippen LogP contribution is -2.31. The summed E-state index contributed by atoms with van der Waals surface area (Å²) in [5.41, 5.74) is 9.41. The predicted octanol–water partition coefficient (Wildman–Crippen LogP) is 4.03. The van der Waals surface area contributed by atoms with Crippen molar-refractivity contribution in [2.75, 3.05) is 30.8 Å². The summed E-state index contributed by atoms with van der Waals surface area (Å²) in [7, 11) is 1.74. The van der Waals surface area contributed by atoms with Crippen molar-refractivity contribution in [3.05, 3.63) is 66.0 Å². The number of carbonyl (C=O) groups excluding carboxylic acids is 1. The first kappa shape index (κ1) is 26.9. The Bertz CT molecular complexity index is 1290. The maximum atomic E-state index is 12.0. The highest BCUT2D eigenvalue weighted by Gasteiger charge is 2.15. The van der Waals surface area contributed by atoms with E-state index in [4.69, 9.17) is 26.3 Å². The summed E-state index contributed by atoms with van der Waals surface area (Å²) in [4.78, 5) is 21.3. The number of carbonyl (C=O) groups is 1. The number of hydrogen-bond acceptors (Lipinski definition) is 9. The van der Waals surface area contributed by atoms with E-state index >= 15 is 0 Å². The van der Waals surface area contributed by atoms with Gasteiger partial charge in [0.25, 0.3) is 5.91 Å². The van der Waals surface area contributed by atoms with Gasteiger partial charge in [-0.25, -0.2) is 9.97 Å². The van der Waals surface area contributed by atoms with E-state index in [-0.39, 0.29) is 12.5 Å². The Labute approximate surface area is 216 Å². The van der Waals surface area contributed by atoms with Crippen LogP contribution in [0.2, 0.25) is 0 Å². The second kappa shape index (κ2) is 12.8. The molecule has 1 aromatic heterocycles. The van der Waals surface area contributed by atoms with Gasteiger partial charge in [0.2, 0.25) is 0 Å². The zero-order valence-corrected chi connectivity index (χ0v) is 21.1. The molecule has 0 atom stereocenters. The fourth-order valence-corrected chi connectivity index (χ4v) is 3.40. The maximum Gasteiger partial charge on any atom is 0.257 e. The van der Waals surface area contributed by atoms with E-state index in [1.807, 2.05) is 44.2 Å². The Morgan fingerprint density at radius 1 is 1.14 bits per heavy atom. The van der Waals surface area contributed by atoms with Crippen LogP contribution >= 0.6 is 0 Å². The van der Waals surface area contributed by atoms with Gasteiger partial charge in [0.05, 0.1) is 0 Å². The molecule has 0 fully saturated rings. The molecule has 3 rings (SSSR count). The standard InChI is InChI=1S/C27H32N8O2/c1-17(2)15-32-24(36)16-37-22-6-4-5-19(11-22)26-34-23(14-30)25(31-3)27(35-26)33-21-9-7-18(8-10-21)20(12-28)13-29/h4-14,17,28,30-31H,15-16,29H2,1-3H3,(H,32,36)(H,33,34,35)/b20-13+,28-12?,30-14?. The molecular weight excluding hydrogens is 468 g/mol. The third-order valence-corrected chi connectivity index (χ3v) is 5.31. The summed E-state index contributed by atoms with van der Waals surface area (Å²) < 4.78 is 5.67. The Kier molecular flexibility index (Phi) is 9.31. The molecule has 1 heterocycles. The normalized spacial score (nSPS) is 11.1. The van der Waals surface area contributed by atoms with E-state index in [1.54, 1.807) is 25.2 Å². The number of rotatable bonds is 12. The summed E-state index contributed by atoms with van der Waals surface area (Å²) in [6.07, 6.45) is 3.75. The van der Waals surface area contributed by atoms with Gasteiger partial charge in [-0.3, -0.25) is 4.79 Å². The molecule has 0 saturated heterocycles. The molecule has 10 nitrogen and oxygen atoms in total. The predicted molar refractivity (Wildman–Crippen MR) is 149 cm³/mol. The minimum absolute atomic E-state index is 0.0939. The first-order valence-corrected chi connectivity index (χ1v) is 11.8. The second-order valence-electron chi connectivity index (χ2n) is 8.53. The van der Waals surface area contributed by atoms with Crippen LogP contribution in [0.15, 0.2) is 54.7 Å². The first-order chi connectivity index (χ1) is 17.9. The summed E-state index contributed by atoms with van der Waals surface area (Å²) in [5.74, 6) is 1.56. The highest BCUT2D eigenvalue weighted by Crippen LogP contribution is 2.30. The Morgan fingerprint density at radius 2 is 1.89 bits per heavy atom. The van der Waals surface area contributed by atoms with Gasteiger partial charge in [-0.05, 0) is 35.7 Å². The molecule has 3 aromatic rings. The number of anilines is 3. The topological polar surface area (TPSA) is 162 Å². The number of nitrogens with zero attached hydrogens (tertiary/aromatic N) is 2. The van der Waals surface area contributed by atoms with Crippen molar-refractivity contribution in [1.82, 2.24) is 15.3 Å². The molecule has 0 spiro atoms. The molecule has 0 radical (unpaired) electrons. The van der Waals surface area contributed by atoms with E-state index in [1.165, 1.54) is 12.4 Å². The smallest absolute Gasteiger partial charge is 0.257 e. The van der Waals surface area contributed by atoms with E-state index in [2.05, 4.69) is 20.9 Å². The van der Waals surface area contributed by atoms with E-state index in [9.17, 15) is 4.79 Å².